The standard InChI is InChI=1S/C18H21N3O4S/c1-21(2)13(16-4-3-7-26-16)10-20-18(23)17(22)19-9-12-5-6-14-15(8-12)25-11-24-14/h3-8,13H,9-11H2,1-2H3,(H,19,22)(H,20,23)/t13-/m0/s1. The minimum atomic E-state index is -0.661. The fraction of sp³-hybridized carbons (Fsp3) is 0.333. The van der Waals surface area contributed by atoms with Gasteiger partial charge >= 0.3 is 11.8 Å². The van der Waals surface area contributed by atoms with Gasteiger partial charge in [-0.15, -0.1) is 11.3 Å². The summed E-state index contributed by atoms with van der Waals surface area (Å²) in [6.45, 7) is 0.805. The lowest BCUT2D eigenvalue weighted by molar-refractivity contribution is -0.139. The van der Waals surface area contributed by atoms with E-state index < -0.39 is 11.8 Å². The van der Waals surface area contributed by atoms with E-state index in [1.807, 2.05) is 42.6 Å². The van der Waals surface area contributed by atoms with Gasteiger partial charge in [0.1, 0.15) is 0 Å². The topological polar surface area (TPSA) is 79.9 Å². The number of carbonyl (C=O) groups excluding carboxylic acids is 2. The number of nitrogens with zero attached hydrogens (tertiary/aromatic N) is 1. The van der Waals surface area contributed by atoms with Crippen LogP contribution in [0.2, 0.25) is 0 Å². The number of fused-ring (bicyclic) bond motifs is 1. The van der Waals surface area contributed by atoms with Gasteiger partial charge in [0.25, 0.3) is 0 Å². The van der Waals surface area contributed by atoms with Crippen molar-refractivity contribution >= 4 is 23.2 Å². The summed E-state index contributed by atoms with van der Waals surface area (Å²) < 4.78 is 10.5. The summed E-state index contributed by atoms with van der Waals surface area (Å²) >= 11 is 1.62. The van der Waals surface area contributed by atoms with Crippen LogP contribution in [0.5, 0.6) is 11.5 Å². The molecule has 2 N–H and O–H groups in total. The van der Waals surface area contributed by atoms with Crippen LogP contribution in [-0.4, -0.2) is 44.1 Å². The molecule has 1 aliphatic rings. The Hall–Kier alpha value is -2.58. The highest BCUT2D eigenvalue weighted by atomic mass is 32.1. The Balaban J connectivity index is 1.49. The van der Waals surface area contributed by atoms with Gasteiger partial charge in [-0.1, -0.05) is 12.1 Å². The molecule has 0 fully saturated rings. The fourth-order valence-corrected chi connectivity index (χ4v) is 3.52. The molecule has 0 aliphatic carbocycles. The molecule has 26 heavy (non-hydrogen) atoms. The van der Waals surface area contributed by atoms with Crippen LogP contribution in [0.15, 0.2) is 35.7 Å². The molecule has 0 saturated carbocycles. The van der Waals surface area contributed by atoms with Crippen molar-refractivity contribution in [3.05, 3.63) is 46.2 Å². The number of hydrogen-bond acceptors (Lipinski definition) is 6. The van der Waals surface area contributed by atoms with Gasteiger partial charge < -0.3 is 25.0 Å². The molecule has 0 spiro atoms. The van der Waals surface area contributed by atoms with Crippen molar-refractivity contribution in [3.63, 3.8) is 0 Å². The number of hydrogen-bond donors (Lipinski definition) is 2. The molecule has 1 aromatic carbocycles. The van der Waals surface area contributed by atoms with Crippen molar-refractivity contribution in [2.45, 2.75) is 12.6 Å². The van der Waals surface area contributed by atoms with Gasteiger partial charge in [0.15, 0.2) is 11.5 Å². The first-order chi connectivity index (χ1) is 12.5. The number of carbonyl (C=O) groups is 2. The van der Waals surface area contributed by atoms with E-state index in [2.05, 4.69) is 10.6 Å². The molecule has 0 unspecified atom stereocenters. The van der Waals surface area contributed by atoms with Crippen LogP contribution in [0.1, 0.15) is 16.5 Å². The minimum Gasteiger partial charge on any atom is -0.454 e. The Bertz CT molecular complexity index is 777. The fourth-order valence-electron chi connectivity index (χ4n) is 2.60. The van der Waals surface area contributed by atoms with Gasteiger partial charge in [0, 0.05) is 18.0 Å². The minimum absolute atomic E-state index is 0.0283. The maximum Gasteiger partial charge on any atom is 0.309 e. The first-order valence-corrected chi connectivity index (χ1v) is 9.07. The third kappa shape index (κ3) is 4.33. The van der Waals surface area contributed by atoms with Crippen LogP contribution in [0, 0.1) is 0 Å². The number of likely N-dealkylation sites (N-methyl/N-ethyl adjacent to an activating group) is 1. The Kier molecular flexibility index (Phi) is 5.75. The number of benzene rings is 1. The molecule has 138 valence electrons. The van der Waals surface area contributed by atoms with E-state index in [4.69, 9.17) is 9.47 Å². The van der Waals surface area contributed by atoms with Crippen molar-refractivity contribution in [1.82, 2.24) is 15.5 Å². The van der Waals surface area contributed by atoms with Gasteiger partial charge in [-0.3, -0.25) is 9.59 Å². The maximum absolute atomic E-state index is 12.1. The summed E-state index contributed by atoms with van der Waals surface area (Å²) in [5, 5.41) is 7.31. The average molecular weight is 375 g/mol. The summed E-state index contributed by atoms with van der Waals surface area (Å²) in [6.07, 6.45) is 0. The van der Waals surface area contributed by atoms with E-state index in [1.54, 1.807) is 23.5 Å². The Morgan fingerprint density at radius 3 is 2.65 bits per heavy atom. The maximum atomic E-state index is 12.1. The van der Waals surface area contributed by atoms with Gasteiger partial charge in [0.05, 0.1) is 6.04 Å². The van der Waals surface area contributed by atoms with Crippen molar-refractivity contribution in [2.75, 3.05) is 27.4 Å². The molecule has 1 atom stereocenters. The second kappa shape index (κ2) is 8.20. The van der Waals surface area contributed by atoms with E-state index in [0.717, 1.165) is 10.4 Å². The van der Waals surface area contributed by atoms with Crippen molar-refractivity contribution in [1.29, 1.82) is 0 Å². The van der Waals surface area contributed by atoms with Gasteiger partial charge in [-0.05, 0) is 43.2 Å². The normalized spacial score (nSPS) is 13.5. The number of thiophene rings is 1. The molecule has 2 aromatic rings. The number of amides is 2. The molecule has 8 heteroatoms. The molecule has 2 amide bonds. The Labute approximate surface area is 155 Å². The summed E-state index contributed by atoms with van der Waals surface area (Å²) in [5.41, 5.74) is 0.833. The van der Waals surface area contributed by atoms with Crippen molar-refractivity contribution in [2.24, 2.45) is 0 Å². The Morgan fingerprint density at radius 2 is 1.92 bits per heavy atom. The summed E-state index contributed by atoms with van der Waals surface area (Å²) in [6, 6.07) is 9.41. The van der Waals surface area contributed by atoms with Crippen LogP contribution in [0.3, 0.4) is 0 Å². The monoisotopic (exact) mass is 375 g/mol. The molecule has 0 saturated heterocycles. The van der Waals surface area contributed by atoms with Crippen LogP contribution in [0.25, 0.3) is 0 Å². The highest BCUT2D eigenvalue weighted by molar-refractivity contribution is 7.10. The lowest BCUT2D eigenvalue weighted by Gasteiger charge is -2.23. The molecule has 1 aliphatic heterocycles. The SMILES string of the molecule is CN(C)[C@@H](CNC(=O)C(=O)NCc1ccc2c(c1)OCO2)c1cccs1. The zero-order chi connectivity index (χ0) is 18.5. The molecule has 3 rings (SSSR count). The molecule has 0 bridgehead atoms. The molecular formula is C18H21N3O4S. The summed E-state index contributed by atoms with van der Waals surface area (Å²) in [4.78, 5) is 27.2. The number of rotatable bonds is 6. The first-order valence-electron chi connectivity index (χ1n) is 8.19. The predicted octanol–water partition coefficient (Wildman–Crippen LogP) is 1.51. The molecular weight excluding hydrogens is 354 g/mol. The van der Waals surface area contributed by atoms with Crippen LogP contribution < -0.4 is 20.1 Å². The van der Waals surface area contributed by atoms with Gasteiger partial charge in [0.2, 0.25) is 6.79 Å². The predicted molar refractivity (Wildman–Crippen MR) is 98.2 cm³/mol. The largest absolute Gasteiger partial charge is 0.454 e. The van der Waals surface area contributed by atoms with E-state index in [1.165, 1.54) is 0 Å². The Morgan fingerprint density at radius 1 is 1.15 bits per heavy atom. The zero-order valence-electron chi connectivity index (χ0n) is 14.7. The van der Waals surface area contributed by atoms with Crippen molar-refractivity contribution < 1.29 is 19.1 Å². The zero-order valence-corrected chi connectivity index (χ0v) is 15.5. The quantitative estimate of drug-likeness (QED) is 0.749. The van der Waals surface area contributed by atoms with Crippen LogP contribution in [0.4, 0.5) is 0 Å². The van der Waals surface area contributed by atoms with Crippen LogP contribution in [-0.2, 0) is 16.1 Å². The number of ether oxygens (including phenoxy) is 2. The van der Waals surface area contributed by atoms with Gasteiger partial charge in [-0.25, -0.2) is 0 Å². The van der Waals surface area contributed by atoms with E-state index in [-0.39, 0.29) is 19.4 Å². The molecule has 1 aromatic heterocycles. The molecule has 2 heterocycles. The third-order valence-corrected chi connectivity index (χ3v) is 5.02. The smallest absolute Gasteiger partial charge is 0.309 e. The summed E-state index contributed by atoms with van der Waals surface area (Å²) in [7, 11) is 3.88. The molecule has 7 nitrogen and oxygen atoms in total. The number of nitrogens with one attached hydrogen (secondary N) is 2. The lowest BCUT2D eigenvalue weighted by atomic mass is 10.2. The highest BCUT2D eigenvalue weighted by Gasteiger charge is 2.19. The molecule has 0 radical (unpaired) electrons. The van der Waals surface area contributed by atoms with Crippen molar-refractivity contribution in [3.8, 4) is 11.5 Å². The first kappa shape index (κ1) is 18.2. The highest BCUT2D eigenvalue weighted by Crippen LogP contribution is 2.32. The third-order valence-electron chi connectivity index (χ3n) is 4.05. The second-order valence-electron chi connectivity index (χ2n) is 6.08. The average Bonchev–Trinajstić information content (AvgIpc) is 3.30. The van der Waals surface area contributed by atoms with Gasteiger partial charge in [-0.2, -0.15) is 0 Å². The van der Waals surface area contributed by atoms with E-state index >= 15 is 0 Å². The summed E-state index contributed by atoms with van der Waals surface area (Å²) in [5.74, 6) is 0.0209. The lowest BCUT2D eigenvalue weighted by Crippen LogP contribution is -2.42. The van der Waals surface area contributed by atoms with Crippen LogP contribution >= 0.6 is 11.3 Å². The van der Waals surface area contributed by atoms with E-state index in [9.17, 15) is 9.59 Å². The van der Waals surface area contributed by atoms with E-state index in [0.29, 0.717) is 18.0 Å². The second-order valence-corrected chi connectivity index (χ2v) is 7.05.